The van der Waals surface area contributed by atoms with Crippen molar-refractivity contribution in [2.45, 2.75) is 38.6 Å². The molecular weight excluding hydrogens is 372 g/mol. The average Bonchev–Trinajstić information content (AvgIpc) is 2.82. The highest BCUT2D eigenvalue weighted by molar-refractivity contribution is 9.10. The molecule has 2 amide bonds. The Hall–Kier alpha value is -1.33. The molecule has 1 aliphatic heterocycles. The summed E-state index contributed by atoms with van der Waals surface area (Å²) in [4.78, 5) is 17.4. The fourth-order valence-corrected chi connectivity index (χ4v) is 4.30. The molecule has 1 aromatic carbocycles. The van der Waals surface area contributed by atoms with Crippen LogP contribution in [-0.4, -0.2) is 17.5 Å². The predicted molar refractivity (Wildman–Crippen MR) is 100 cm³/mol. The molecule has 0 spiro atoms. The van der Waals surface area contributed by atoms with Gasteiger partial charge in [-0.25, -0.2) is 4.79 Å². The molecule has 3 nitrogen and oxygen atoms in total. The minimum Gasteiger partial charge on any atom is -0.317 e. The van der Waals surface area contributed by atoms with E-state index in [1.165, 1.54) is 22.6 Å². The minimum absolute atomic E-state index is 0.00488. The summed E-state index contributed by atoms with van der Waals surface area (Å²) in [7, 11) is 0. The van der Waals surface area contributed by atoms with Crippen LogP contribution in [0.25, 0.3) is 0 Å². The Labute approximate surface area is 149 Å². The topological polar surface area (TPSA) is 32.3 Å². The summed E-state index contributed by atoms with van der Waals surface area (Å²) in [6.07, 6.45) is 4.51. The van der Waals surface area contributed by atoms with Gasteiger partial charge in [0.1, 0.15) is 0 Å². The van der Waals surface area contributed by atoms with Gasteiger partial charge in [0, 0.05) is 26.5 Å². The average molecular weight is 393 g/mol. The number of urea groups is 1. The Kier molecular flexibility index (Phi) is 5.38. The van der Waals surface area contributed by atoms with E-state index in [9.17, 15) is 4.79 Å². The van der Waals surface area contributed by atoms with Crippen molar-refractivity contribution in [1.82, 2.24) is 4.90 Å². The number of hydrogen-bond donors (Lipinski definition) is 1. The van der Waals surface area contributed by atoms with Crippen LogP contribution in [-0.2, 0) is 0 Å². The van der Waals surface area contributed by atoms with Crippen LogP contribution in [0, 0.1) is 6.92 Å². The zero-order valence-electron chi connectivity index (χ0n) is 13.2. The second kappa shape index (κ2) is 7.49. The molecular formula is C18H21BrN2OS. The van der Waals surface area contributed by atoms with Crippen molar-refractivity contribution < 1.29 is 4.79 Å². The van der Waals surface area contributed by atoms with Gasteiger partial charge in [-0.05, 0) is 56.2 Å². The quantitative estimate of drug-likeness (QED) is 0.670. The second-order valence-corrected chi connectivity index (χ2v) is 8.18. The molecule has 1 aliphatic rings. The minimum atomic E-state index is 0.00488. The van der Waals surface area contributed by atoms with E-state index in [-0.39, 0.29) is 12.1 Å². The fraction of sp³-hybridized carbons (Fsp3) is 0.389. The van der Waals surface area contributed by atoms with Crippen molar-refractivity contribution in [1.29, 1.82) is 0 Å². The predicted octanol–water partition coefficient (Wildman–Crippen LogP) is 5.97. The van der Waals surface area contributed by atoms with E-state index in [4.69, 9.17) is 0 Å². The van der Waals surface area contributed by atoms with Crippen LogP contribution < -0.4 is 5.32 Å². The lowest BCUT2D eigenvalue weighted by Crippen LogP contribution is -2.37. The smallest absolute Gasteiger partial charge is 0.317 e. The Morgan fingerprint density at radius 1 is 1.17 bits per heavy atom. The molecule has 0 radical (unpaired) electrons. The first kappa shape index (κ1) is 16.5. The van der Waals surface area contributed by atoms with Gasteiger partial charge in [0.15, 0.2) is 0 Å². The maximum absolute atomic E-state index is 12.8. The lowest BCUT2D eigenvalue weighted by molar-refractivity contribution is 0.190. The number of anilines is 1. The fourth-order valence-electron chi connectivity index (χ4n) is 3.01. The van der Waals surface area contributed by atoms with E-state index >= 15 is 0 Å². The van der Waals surface area contributed by atoms with E-state index in [0.29, 0.717) is 0 Å². The van der Waals surface area contributed by atoms with Gasteiger partial charge in [-0.1, -0.05) is 28.8 Å². The number of likely N-dealkylation sites (tertiary alicyclic amines) is 1. The van der Waals surface area contributed by atoms with Crippen molar-refractivity contribution in [3.8, 4) is 0 Å². The number of aryl methyl sites for hydroxylation is 1. The number of nitrogens with one attached hydrogen (secondary N) is 1. The largest absolute Gasteiger partial charge is 0.322 e. The maximum Gasteiger partial charge on any atom is 0.322 e. The number of carbonyl (C=O) groups excluding carboxylic acids is 1. The van der Waals surface area contributed by atoms with Crippen LogP contribution >= 0.6 is 27.3 Å². The molecule has 2 aromatic rings. The van der Waals surface area contributed by atoms with Gasteiger partial charge in [-0.2, -0.15) is 0 Å². The molecule has 2 heterocycles. The van der Waals surface area contributed by atoms with Gasteiger partial charge < -0.3 is 10.2 Å². The number of halogens is 1. The van der Waals surface area contributed by atoms with E-state index in [2.05, 4.69) is 40.3 Å². The van der Waals surface area contributed by atoms with Gasteiger partial charge in [-0.3, -0.25) is 0 Å². The molecule has 3 rings (SSSR count). The highest BCUT2D eigenvalue weighted by Crippen LogP contribution is 2.34. The van der Waals surface area contributed by atoms with Crippen LogP contribution in [0.4, 0.5) is 10.5 Å². The van der Waals surface area contributed by atoms with Crippen molar-refractivity contribution in [3.63, 3.8) is 0 Å². The molecule has 1 aromatic heterocycles. The van der Waals surface area contributed by atoms with Gasteiger partial charge in [0.05, 0.1) is 6.04 Å². The molecule has 23 heavy (non-hydrogen) atoms. The Balaban J connectivity index is 1.78. The zero-order chi connectivity index (χ0) is 16.2. The van der Waals surface area contributed by atoms with E-state index in [1.54, 1.807) is 11.3 Å². The molecule has 122 valence electrons. The number of hydrogen-bond acceptors (Lipinski definition) is 2. The Bertz CT molecular complexity index is 668. The number of thiophene rings is 1. The molecule has 0 aliphatic carbocycles. The Morgan fingerprint density at radius 2 is 1.96 bits per heavy atom. The third kappa shape index (κ3) is 4.15. The summed E-state index contributed by atoms with van der Waals surface area (Å²) in [5, 5.41) is 3.04. The van der Waals surface area contributed by atoms with Crippen LogP contribution in [0.5, 0.6) is 0 Å². The summed E-state index contributed by atoms with van der Waals surface area (Å²) in [5.41, 5.74) is 0.837. The highest BCUT2D eigenvalue weighted by atomic mass is 79.9. The zero-order valence-corrected chi connectivity index (χ0v) is 15.6. The van der Waals surface area contributed by atoms with Crippen LogP contribution in [0.2, 0.25) is 0 Å². The van der Waals surface area contributed by atoms with E-state index < -0.39 is 0 Å². The van der Waals surface area contributed by atoms with Gasteiger partial charge in [-0.15, -0.1) is 11.3 Å². The third-order valence-electron chi connectivity index (χ3n) is 4.20. The first-order valence-electron chi connectivity index (χ1n) is 8.03. The van der Waals surface area contributed by atoms with Gasteiger partial charge in [0.2, 0.25) is 0 Å². The molecule has 1 atom stereocenters. The summed E-state index contributed by atoms with van der Waals surface area (Å²) in [6.45, 7) is 2.95. The standard InChI is InChI=1S/C18H21BrN2OS/c1-13-6-11-17(23-13)16-5-3-2-4-12-21(16)18(22)20-15-9-7-14(19)8-10-15/h6-11,16H,2-5,12H2,1H3,(H,20,22)/t16-/m1/s1. The summed E-state index contributed by atoms with van der Waals surface area (Å²) >= 11 is 5.22. The van der Waals surface area contributed by atoms with Crippen molar-refractivity contribution in [2.75, 3.05) is 11.9 Å². The van der Waals surface area contributed by atoms with Crippen LogP contribution in [0.3, 0.4) is 0 Å². The molecule has 1 N–H and O–H groups in total. The highest BCUT2D eigenvalue weighted by Gasteiger charge is 2.27. The number of carbonyl (C=O) groups is 1. The Morgan fingerprint density at radius 3 is 2.65 bits per heavy atom. The lowest BCUT2D eigenvalue weighted by Gasteiger charge is -2.29. The second-order valence-electron chi connectivity index (χ2n) is 5.94. The summed E-state index contributed by atoms with van der Waals surface area (Å²) in [5.74, 6) is 0. The number of amides is 2. The van der Waals surface area contributed by atoms with Crippen molar-refractivity contribution in [3.05, 3.63) is 50.6 Å². The number of rotatable bonds is 2. The first-order chi connectivity index (χ1) is 11.1. The van der Waals surface area contributed by atoms with E-state index in [0.717, 1.165) is 29.5 Å². The first-order valence-corrected chi connectivity index (χ1v) is 9.64. The summed E-state index contributed by atoms with van der Waals surface area (Å²) < 4.78 is 1.01. The monoisotopic (exact) mass is 392 g/mol. The molecule has 0 bridgehead atoms. The van der Waals surface area contributed by atoms with Gasteiger partial charge in [0.25, 0.3) is 0 Å². The van der Waals surface area contributed by atoms with Crippen molar-refractivity contribution in [2.24, 2.45) is 0 Å². The van der Waals surface area contributed by atoms with E-state index in [1.807, 2.05) is 29.2 Å². The van der Waals surface area contributed by atoms with Crippen molar-refractivity contribution >= 4 is 39.0 Å². The van der Waals surface area contributed by atoms with Crippen LogP contribution in [0.1, 0.15) is 41.5 Å². The molecule has 0 saturated carbocycles. The van der Waals surface area contributed by atoms with Gasteiger partial charge >= 0.3 is 6.03 Å². The third-order valence-corrected chi connectivity index (χ3v) is 5.83. The normalized spacial score (nSPS) is 18.5. The SMILES string of the molecule is Cc1ccc([C@H]2CCCCCN2C(=O)Nc2ccc(Br)cc2)s1. The number of nitrogens with zero attached hydrogens (tertiary/aromatic N) is 1. The lowest BCUT2D eigenvalue weighted by atomic mass is 10.1. The maximum atomic E-state index is 12.8. The molecule has 0 unspecified atom stereocenters. The number of benzene rings is 1. The molecule has 5 heteroatoms. The molecule has 1 fully saturated rings. The van der Waals surface area contributed by atoms with Crippen LogP contribution in [0.15, 0.2) is 40.9 Å². The molecule has 1 saturated heterocycles. The summed E-state index contributed by atoms with van der Waals surface area (Å²) in [6, 6.07) is 12.3.